The van der Waals surface area contributed by atoms with Crippen LogP contribution < -0.4 is 5.32 Å². The van der Waals surface area contributed by atoms with E-state index >= 15 is 0 Å². The first-order valence-electron chi connectivity index (χ1n) is 11.4. The summed E-state index contributed by atoms with van der Waals surface area (Å²) in [6, 6.07) is 4.01. The average Bonchev–Trinajstić information content (AvgIpc) is 3.16. The van der Waals surface area contributed by atoms with Gasteiger partial charge in [0.2, 0.25) is 0 Å². The zero-order valence-corrected chi connectivity index (χ0v) is 17.5. The maximum absolute atomic E-state index is 13.0. The zero-order valence-electron chi connectivity index (χ0n) is 17.5. The van der Waals surface area contributed by atoms with Crippen LogP contribution in [0.1, 0.15) is 118 Å². The van der Waals surface area contributed by atoms with E-state index in [1.165, 1.54) is 82.6 Å². The molecule has 0 radical (unpaired) electrons. The molecular formula is C23H37BN2O. The summed E-state index contributed by atoms with van der Waals surface area (Å²) in [7, 11) is 2.24. The molecule has 27 heavy (non-hydrogen) atoms. The van der Waals surface area contributed by atoms with E-state index in [1.807, 2.05) is 6.07 Å². The van der Waals surface area contributed by atoms with Gasteiger partial charge in [0.15, 0.2) is 0 Å². The predicted octanol–water partition coefficient (Wildman–Crippen LogP) is 5.02. The highest BCUT2D eigenvalue weighted by atomic mass is 16.2. The minimum absolute atomic E-state index is 0.0200. The summed E-state index contributed by atoms with van der Waals surface area (Å²) in [4.78, 5) is 17.9. The monoisotopic (exact) mass is 368 g/mol. The average molecular weight is 368 g/mol. The van der Waals surface area contributed by atoms with Crippen LogP contribution in [0.3, 0.4) is 0 Å². The van der Waals surface area contributed by atoms with Gasteiger partial charge in [0.05, 0.1) is 0 Å². The second kappa shape index (κ2) is 9.75. The Kier molecular flexibility index (Phi) is 7.37. The van der Waals surface area contributed by atoms with Crippen LogP contribution in [0.15, 0.2) is 12.1 Å². The molecule has 0 unspecified atom stereocenters. The second-order valence-electron chi connectivity index (χ2n) is 9.22. The smallest absolute Gasteiger partial charge is 0.269 e. The second-order valence-corrected chi connectivity index (χ2v) is 9.22. The van der Waals surface area contributed by atoms with Crippen molar-refractivity contribution in [2.75, 3.05) is 0 Å². The number of aryl methyl sites for hydroxylation is 1. The topological polar surface area (TPSA) is 42.0 Å². The van der Waals surface area contributed by atoms with Crippen LogP contribution in [0.4, 0.5) is 0 Å². The van der Waals surface area contributed by atoms with Gasteiger partial charge in [0.25, 0.3) is 5.91 Å². The molecule has 1 heterocycles. The number of aromatic nitrogens is 1. The summed E-state index contributed by atoms with van der Waals surface area (Å²) in [6.07, 6.45) is 17.6. The zero-order chi connectivity index (χ0) is 19.1. The van der Waals surface area contributed by atoms with Crippen molar-refractivity contribution < 1.29 is 4.79 Å². The molecule has 1 aromatic rings. The van der Waals surface area contributed by atoms with Crippen molar-refractivity contribution in [3.05, 3.63) is 29.1 Å². The first-order valence-corrected chi connectivity index (χ1v) is 11.4. The van der Waals surface area contributed by atoms with Crippen molar-refractivity contribution in [1.29, 1.82) is 0 Å². The van der Waals surface area contributed by atoms with Crippen LogP contribution in [0.2, 0.25) is 0 Å². The molecule has 2 fully saturated rings. The van der Waals surface area contributed by atoms with E-state index in [9.17, 15) is 4.79 Å². The summed E-state index contributed by atoms with van der Waals surface area (Å²) in [5.41, 5.74) is 2.91. The molecule has 2 saturated carbocycles. The quantitative estimate of drug-likeness (QED) is 0.761. The fourth-order valence-electron chi connectivity index (χ4n) is 4.96. The van der Waals surface area contributed by atoms with Gasteiger partial charge in [0, 0.05) is 17.1 Å². The Morgan fingerprint density at radius 2 is 1.52 bits per heavy atom. The third-order valence-corrected chi connectivity index (χ3v) is 6.73. The third kappa shape index (κ3) is 5.83. The summed E-state index contributed by atoms with van der Waals surface area (Å²) in [5.74, 6) is 0.567. The number of hydrogen-bond donors (Lipinski definition) is 1. The van der Waals surface area contributed by atoms with Gasteiger partial charge in [0.1, 0.15) is 13.5 Å². The maximum atomic E-state index is 13.0. The molecule has 1 N–H and O–H groups in total. The first-order chi connectivity index (χ1) is 13.1. The van der Waals surface area contributed by atoms with Gasteiger partial charge in [-0.3, -0.25) is 4.79 Å². The van der Waals surface area contributed by atoms with Crippen LogP contribution in [-0.4, -0.2) is 24.2 Å². The Bertz CT molecular complexity index is 613. The molecule has 3 rings (SSSR count). The van der Waals surface area contributed by atoms with Gasteiger partial charge in [-0.25, -0.2) is 4.98 Å². The molecule has 0 atom stereocenters. The highest BCUT2D eigenvalue weighted by molar-refractivity contribution is 6.17. The predicted molar refractivity (Wildman–Crippen MR) is 115 cm³/mol. The molecule has 148 valence electrons. The molecule has 2 aliphatic rings. The Balaban J connectivity index is 1.69. The van der Waals surface area contributed by atoms with E-state index < -0.39 is 0 Å². The lowest BCUT2D eigenvalue weighted by atomic mass is 9.70. The standard InChI is InChI=1S/C23H37BN2O/c1-18-14-15-20(25-21(18)19-12-8-9-13-19)22(27)26-23(24)16-10-6-4-2-3-5-7-11-17-23/h14-15,19H,2-13,16-17,24H2,1H3,(H,26,27). The van der Waals surface area contributed by atoms with Crippen molar-refractivity contribution in [1.82, 2.24) is 10.3 Å². The largest absolute Gasteiger partial charge is 0.353 e. The summed E-state index contributed by atoms with van der Waals surface area (Å²) in [5, 5.41) is 3.38. The van der Waals surface area contributed by atoms with Crippen LogP contribution >= 0.6 is 0 Å². The molecule has 0 aliphatic heterocycles. The number of nitrogens with zero attached hydrogens (tertiary/aromatic N) is 1. The molecule has 1 aromatic heterocycles. The number of rotatable bonds is 3. The minimum Gasteiger partial charge on any atom is -0.353 e. The van der Waals surface area contributed by atoms with E-state index in [0.717, 1.165) is 18.5 Å². The van der Waals surface area contributed by atoms with Crippen molar-refractivity contribution in [3.8, 4) is 0 Å². The lowest BCUT2D eigenvalue weighted by molar-refractivity contribution is 0.0914. The molecular weight excluding hydrogens is 331 g/mol. The Morgan fingerprint density at radius 3 is 2.11 bits per heavy atom. The lowest BCUT2D eigenvalue weighted by Gasteiger charge is -2.31. The van der Waals surface area contributed by atoms with Crippen LogP contribution in [0, 0.1) is 6.92 Å². The fraction of sp³-hybridized carbons (Fsp3) is 0.739. The number of carbonyl (C=O) groups excluding carboxylic acids is 1. The molecule has 0 aromatic carbocycles. The molecule has 4 heteroatoms. The number of pyridine rings is 1. The molecule has 2 aliphatic carbocycles. The molecule has 0 bridgehead atoms. The fourth-order valence-corrected chi connectivity index (χ4v) is 4.96. The van der Waals surface area contributed by atoms with E-state index in [-0.39, 0.29) is 11.3 Å². The van der Waals surface area contributed by atoms with Crippen molar-refractivity contribution >= 4 is 13.8 Å². The Hall–Kier alpha value is -1.32. The Labute approximate surface area is 166 Å². The SMILES string of the molecule is BC1(NC(=O)c2ccc(C)c(C3CCCC3)n2)CCCCCCCCCC1. The van der Waals surface area contributed by atoms with Gasteiger partial charge in [-0.05, 0) is 44.2 Å². The highest BCUT2D eigenvalue weighted by Crippen LogP contribution is 2.34. The van der Waals surface area contributed by atoms with Crippen molar-refractivity contribution in [2.24, 2.45) is 0 Å². The first kappa shape index (κ1) is 20.4. The molecule has 3 nitrogen and oxygen atoms in total. The summed E-state index contributed by atoms with van der Waals surface area (Å²) in [6.45, 7) is 2.13. The number of nitrogens with one attached hydrogen (secondary N) is 1. The van der Waals surface area contributed by atoms with Gasteiger partial charge in [-0.1, -0.05) is 70.3 Å². The number of carbonyl (C=O) groups is 1. The van der Waals surface area contributed by atoms with E-state index in [1.54, 1.807) is 0 Å². The van der Waals surface area contributed by atoms with E-state index in [4.69, 9.17) is 4.98 Å². The summed E-state index contributed by atoms with van der Waals surface area (Å²) < 4.78 is 0. The van der Waals surface area contributed by atoms with Crippen molar-refractivity contribution in [3.63, 3.8) is 0 Å². The number of amides is 1. The van der Waals surface area contributed by atoms with Gasteiger partial charge < -0.3 is 5.32 Å². The molecule has 0 saturated heterocycles. The lowest BCUT2D eigenvalue weighted by Crippen LogP contribution is -2.49. The van der Waals surface area contributed by atoms with E-state index in [0.29, 0.717) is 11.6 Å². The number of hydrogen-bond acceptors (Lipinski definition) is 2. The van der Waals surface area contributed by atoms with Gasteiger partial charge in [-0.15, -0.1) is 0 Å². The van der Waals surface area contributed by atoms with Crippen LogP contribution in [0.5, 0.6) is 0 Å². The molecule has 0 spiro atoms. The maximum Gasteiger partial charge on any atom is 0.269 e. The van der Waals surface area contributed by atoms with Crippen molar-refractivity contribution in [2.45, 2.75) is 108 Å². The van der Waals surface area contributed by atoms with Crippen LogP contribution in [0.25, 0.3) is 0 Å². The minimum atomic E-state index is -0.0957. The van der Waals surface area contributed by atoms with Gasteiger partial charge in [-0.2, -0.15) is 0 Å². The van der Waals surface area contributed by atoms with Gasteiger partial charge >= 0.3 is 0 Å². The third-order valence-electron chi connectivity index (χ3n) is 6.73. The van der Waals surface area contributed by atoms with Crippen LogP contribution in [-0.2, 0) is 0 Å². The summed E-state index contributed by atoms with van der Waals surface area (Å²) >= 11 is 0. The normalized spacial score (nSPS) is 22.1. The Morgan fingerprint density at radius 1 is 0.963 bits per heavy atom. The molecule has 1 amide bonds. The van der Waals surface area contributed by atoms with E-state index in [2.05, 4.69) is 26.2 Å². The highest BCUT2D eigenvalue weighted by Gasteiger charge is 2.28.